The molecule has 3 aromatic rings. The lowest BCUT2D eigenvalue weighted by molar-refractivity contribution is -0.0498. The average molecular weight is 464 g/mol. The number of amides is 1. The van der Waals surface area contributed by atoms with Crippen LogP contribution >= 0.6 is 0 Å². The summed E-state index contributed by atoms with van der Waals surface area (Å²) in [6.07, 6.45) is 6.03. The van der Waals surface area contributed by atoms with Crippen LogP contribution in [0.1, 0.15) is 21.6 Å². The monoisotopic (exact) mass is 464 g/mol. The molecule has 0 atom stereocenters. The molecule has 0 spiro atoms. The van der Waals surface area contributed by atoms with E-state index in [0.29, 0.717) is 28.7 Å². The topological polar surface area (TPSA) is 115 Å². The molecule has 10 heteroatoms. The Balaban J connectivity index is 1.76. The van der Waals surface area contributed by atoms with Crippen LogP contribution in [0.15, 0.2) is 78.6 Å². The molecule has 3 rings (SSSR count). The third kappa shape index (κ3) is 6.70. The Morgan fingerprint density at radius 3 is 2.82 bits per heavy atom. The van der Waals surface area contributed by atoms with E-state index in [0.717, 1.165) is 5.56 Å². The van der Waals surface area contributed by atoms with Crippen LogP contribution in [-0.4, -0.2) is 28.7 Å². The van der Waals surface area contributed by atoms with Gasteiger partial charge in [0.2, 0.25) is 5.95 Å². The van der Waals surface area contributed by atoms with Crippen molar-refractivity contribution in [3.63, 3.8) is 0 Å². The number of rotatable bonds is 9. The maximum Gasteiger partial charge on any atom is 0.387 e. The number of anilines is 3. The lowest BCUT2D eigenvalue weighted by Crippen LogP contribution is -2.13. The highest BCUT2D eigenvalue weighted by atomic mass is 19.3. The van der Waals surface area contributed by atoms with E-state index in [1.54, 1.807) is 30.5 Å². The summed E-state index contributed by atoms with van der Waals surface area (Å²) < 4.78 is 29.2. The van der Waals surface area contributed by atoms with E-state index in [9.17, 15) is 13.6 Å². The summed E-state index contributed by atoms with van der Waals surface area (Å²) >= 11 is 0. The van der Waals surface area contributed by atoms with E-state index in [4.69, 9.17) is 5.73 Å². The molecule has 0 saturated heterocycles. The SMILES string of the molecule is C=C/C=N\C=C(/N)c1ccnc(Nc2cc(NC(=O)c3cccc(OC(F)F)c3)ccc2C)n1. The number of nitrogens with two attached hydrogens (primary N) is 1. The van der Waals surface area contributed by atoms with Crippen molar-refractivity contribution in [3.05, 3.63) is 90.4 Å². The maximum absolute atomic E-state index is 12.6. The van der Waals surface area contributed by atoms with Crippen LogP contribution in [0.3, 0.4) is 0 Å². The zero-order valence-corrected chi connectivity index (χ0v) is 18.2. The standard InChI is InChI=1S/C24H22F2N6O2/c1-3-10-28-14-19(27)20-9-11-29-24(31-20)32-21-13-17(8-7-15(21)2)30-22(33)16-5-4-6-18(12-16)34-23(25)26/h3-14,23H,1,27H2,2H3,(H,30,33)(H,29,31,32)/b19-14-,28-10-. The highest BCUT2D eigenvalue weighted by Gasteiger charge is 2.11. The number of carbonyl (C=O) groups is 1. The van der Waals surface area contributed by atoms with Gasteiger partial charge in [-0.3, -0.25) is 9.79 Å². The number of carbonyl (C=O) groups excluding carboxylic acids is 1. The van der Waals surface area contributed by atoms with Crippen molar-refractivity contribution in [2.45, 2.75) is 13.5 Å². The predicted molar refractivity (Wildman–Crippen MR) is 128 cm³/mol. The number of aliphatic imine (C=N–C) groups is 1. The number of aryl methyl sites for hydroxylation is 1. The first kappa shape index (κ1) is 24.1. The van der Waals surface area contributed by atoms with E-state index in [1.165, 1.54) is 42.8 Å². The number of allylic oxidation sites excluding steroid dienone is 1. The molecule has 2 aromatic carbocycles. The Morgan fingerprint density at radius 1 is 1.24 bits per heavy atom. The van der Waals surface area contributed by atoms with Crippen molar-refractivity contribution < 1.29 is 18.3 Å². The Morgan fingerprint density at radius 2 is 2.06 bits per heavy atom. The minimum absolute atomic E-state index is 0.102. The normalized spacial score (nSPS) is 11.5. The van der Waals surface area contributed by atoms with Gasteiger partial charge in [-0.05, 0) is 48.9 Å². The summed E-state index contributed by atoms with van der Waals surface area (Å²) in [6.45, 7) is 2.44. The fourth-order valence-electron chi connectivity index (χ4n) is 2.80. The van der Waals surface area contributed by atoms with E-state index >= 15 is 0 Å². The minimum Gasteiger partial charge on any atom is -0.435 e. The molecule has 0 saturated carbocycles. The van der Waals surface area contributed by atoms with Crippen molar-refractivity contribution in [1.82, 2.24) is 9.97 Å². The zero-order valence-electron chi connectivity index (χ0n) is 18.2. The zero-order chi connectivity index (χ0) is 24.5. The van der Waals surface area contributed by atoms with Crippen LogP contribution in [-0.2, 0) is 0 Å². The molecular formula is C24H22F2N6O2. The van der Waals surface area contributed by atoms with Crippen molar-refractivity contribution >= 4 is 35.1 Å². The van der Waals surface area contributed by atoms with Crippen molar-refractivity contribution in [2.24, 2.45) is 10.7 Å². The summed E-state index contributed by atoms with van der Waals surface area (Å²) in [5.74, 6) is -0.287. The molecule has 0 radical (unpaired) electrons. The largest absolute Gasteiger partial charge is 0.435 e. The van der Waals surface area contributed by atoms with Gasteiger partial charge in [-0.2, -0.15) is 8.78 Å². The fraction of sp³-hybridized carbons (Fsp3) is 0.0833. The minimum atomic E-state index is -2.98. The predicted octanol–water partition coefficient (Wildman–Crippen LogP) is 4.90. The smallest absolute Gasteiger partial charge is 0.387 e. The summed E-state index contributed by atoms with van der Waals surface area (Å²) in [6, 6.07) is 12.4. The molecule has 1 heterocycles. The molecule has 0 aliphatic rings. The molecule has 0 unspecified atom stereocenters. The van der Waals surface area contributed by atoms with Crippen molar-refractivity contribution in [2.75, 3.05) is 10.6 Å². The number of nitrogens with zero attached hydrogens (tertiary/aromatic N) is 3. The first-order valence-corrected chi connectivity index (χ1v) is 10.0. The highest BCUT2D eigenvalue weighted by Crippen LogP contribution is 2.24. The van der Waals surface area contributed by atoms with Crippen LogP contribution < -0.4 is 21.1 Å². The maximum atomic E-state index is 12.6. The van der Waals surface area contributed by atoms with Gasteiger partial charge in [0, 0.05) is 29.3 Å². The van der Waals surface area contributed by atoms with E-state index in [-0.39, 0.29) is 11.3 Å². The average Bonchev–Trinajstić information content (AvgIpc) is 2.81. The highest BCUT2D eigenvalue weighted by molar-refractivity contribution is 6.04. The lowest BCUT2D eigenvalue weighted by atomic mass is 10.1. The third-order valence-electron chi connectivity index (χ3n) is 4.42. The molecule has 34 heavy (non-hydrogen) atoms. The van der Waals surface area contributed by atoms with E-state index < -0.39 is 12.5 Å². The van der Waals surface area contributed by atoms with Gasteiger partial charge in [0.15, 0.2) is 0 Å². The first-order valence-electron chi connectivity index (χ1n) is 10.0. The van der Waals surface area contributed by atoms with Crippen LogP contribution in [0.4, 0.5) is 26.1 Å². The van der Waals surface area contributed by atoms with Gasteiger partial charge < -0.3 is 21.1 Å². The molecule has 0 bridgehead atoms. The Hall–Kier alpha value is -4.60. The number of ether oxygens (including phenoxy) is 1. The number of alkyl halides is 2. The molecule has 0 aliphatic carbocycles. The van der Waals surface area contributed by atoms with Gasteiger partial charge in [0.1, 0.15) is 5.75 Å². The number of benzene rings is 2. The van der Waals surface area contributed by atoms with Crippen LogP contribution in [0.25, 0.3) is 5.70 Å². The second kappa shape index (κ2) is 11.3. The second-order valence-electron chi connectivity index (χ2n) is 6.90. The second-order valence-corrected chi connectivity index (χ2v) is 6.90. The van der Waals surface area contributed by atoms with E-state index in [1.807, 2.05) is 6.92 Å². The van der Waals surface area contributed by atoms with Gasteiger partial charge in [-0.1, -0.05) is 24.8 Å². The summed E-state index contributed by atoms with van der Waals surface area (Å²) in [5, 5.41) is 5.84. The summed E-state index contributed by atoms with van der Waals surface area (Å²) in [7, 11) is 0. The molecule has 174 valence electrons. The molecular weight excluding hydrogens is 442 g/mol. The Kier molecular flexibility index (Phi) is 8.01. The fourth-order valence-corrected chi connectivity index (χ4v) is 2.80. The first-order chi connectivity index (χ1) is 16.4. The number of halogens is 2. The molecule has 4 N–H and O–H groups in total. The Labute approximate surface area is 194 Å². The summed E-state index contributed by atoms with van der Waals surface area (Å²) in [4.78, 5) is 25.2. The van der Waals surface area contributed by atoms with Gasteiger partial charge in [0.25, 0.3) is 5.91 Å². The van der Waals surface area contributed by atoms with Crippen molar-refractivity contribution in [3.8, 4) is 5.75 Å². The van der Waals surface area contributed by atoms with Crippen LogP contribution in [0, 0.1) is 6.92 Å². The molecule has 0 fully saturated rings. The quantitative estimate of drug-likeness (QED) is 0.388. The van der Waals surface area contributed by atoms with Gasteiger partial charge in [0.05, 0.1) is 17.6 Å². The van der Waals surface area contributed by atoms with E-state index in [2.05, 4.69) is 36.9 Å². The number of nitrogens with one attached hydrogen (secondary N) is 2. The molecule has 1 amide bonds. The van der Waals surface area contributed by atoms with Crippen molar-refractivity contribution in [1.29, 1.82) is 0 Å². The number of hydrogen-bond acceptors (Lipinski definition) is 7. The number of aromatic nitrogens is 2. The number of hydrogen-bond donors (Lipinski definition) is 3. The Bertz CT molecular complexity index is 1240. The third-order valence-corrected chi connectivity index (χ3v) is 4.42. The summed E-state index contributed by atoms with van der Waals surface area (Å²) in [5.41, 5.74) is 9.00. The lowest BCUT2D eigenvalue weighted by Gasteiger charge is -2.12. The molecule has 8 nitrogen and oxygen atoms in total. The van der Waals surface area contributed by atoms with Crippen LogP contribution in [0.5, 0.6) is 5.75 Å². The van der Waals surface area contributed by atoms with Gasteiger partial charge >= 0.3 is 6.61 Å². The van der Waals surface area contributed by atoms with Crippen LogP contribution in [0.2, 0.25) is 0 Å². The molecule has 0 aliphatic heterocycles. The van der Waals surface area contributed by atoms with Gasteiger partial charge in [-0.25, -0.2) is 9.97 Å². The van der Waals surface area contributed by atoms with Gasteiger partial charge in [-0.15, -0.1) is 0 Å². The molecule has 1 aromatic heterocycles.